The van der Waals surface area contributed by atoms with E-state index in [1.807, 2.05) is 35.2 Å². The Kier molecular flexibility index (Phi) is 3.98. The van der Waals surface area contributed by atoms with Crippen molar-refractivity contribution in [2.75, 3.05) is 19.6 Å². The van der Waals surface area contributed by atoms with Gasteiger partial charge in [0.25, 0.3) is 0 Å². The molecule has 0 aliphatic carbocycles. The molecule has 4 nitrogen and oxygen atoms in total. The molecule has 1 aliphatic rings. The minimum absolute atomic E-state index is 0.0298. The summed E-state index contributed by atoms with van der Waals surface area (Å²) in [7, 11) is 0. The highest BCUT2D eigenvalue weighted by Crippen LogP contribution is 2.01. The summed E-state index contributed by atoms with van der Waals surface area (Å²) in [5.74, 6) is 0. The van der Waals surface area contributed by atoms with Crippen LogP contribution in [0.4, 0.5) is 4.79 Å². The molecule has 2 N–H and O–H groups in total. The van der Waals surface area contributed by atoms with Gasteiger partial charge in [0, 0.05) is 32.2 Å². The lowest BCUT2D eigenvalue weighted by Gasteiger charge is -2.31. The number of nitrogens with one attached hydrogen (secondary N) is 2. The van der Waals surface area contributed by atoms with Gasteiger partial charge in [0.15, 0.2) is 0 Å². The maximum absolute atomic E-state index is 11.9. The van der Waals surface area contributed by atoms with Crippen LogP contribution in [0.15, 0.2) is 30.3 Å². The molecule has 0 bridgehead atoms. The second-order valence-corrected chi connectivity index (χ2v) is 4.45. The van der Waals surface area contributed by atoms with Gasteiger partial charge in [0.05, 0.1) is 0 Å². The number of hydrogen-bond acceptors (Lipinski definition) is 2. The maximum Gasteiger partial charge on any atom is 0.317 e. The van der Waals surface area contributed by atoms with Crippen LogP contribution in [0.5, 0.6) is 0 Å². The fraction of sp³-hybridized carbons (Fsp3) is 0.462. The average molecular weight is 233 g/mol. The van der Waals surface area contributed by atoms with E-state index in [1.165, 1.54) is 0 Å². The van der Waals surface area contributed by atoms with Crippen LogP contribution in [0.25, 0.3) is 0 Å². The second-order valence-electron chi connectivity index (χ2n) is 4.45. The number of nitrogens with zero attached hydrogens (tertiary/aromatic N) is 1. The Balaban J connectivity index is 1.81. The van der Waals surface area contributed by atoms with Crippen molar-refractivity contribution in [2.24, 2.45) is 0 Å². The van der Waals surface area contributed by atoms with E-state index < -0.39 is 0 Å². The Morgan fingerprint density at radius 3 is 2.94 bits per heavy atom. The van der Waals surface area contributed by atoms with Crippen LogP contribution in [0.1, 0.15) is 12.5 Å². The first-order chi connectivity index (χ1) is 8.25. The molecule has 1 fully saturated rings. The van der Waals surface area contributed by atoms with E-state index in [4.69, 9.17) is 0 Å². The highest BCUT2D eigenvalue weighted by Gasteiger charge is 2.19. The van der Waals surface area contributed by atoms with Crippen LogP contribution < -0.4 is 10.6 Å². The quantitative estimate of drug-likeness (QED) is 0.806. The van der Waals surface area contributed by atoms with Gasteiger partial charge in [0.2, 0.25) is 0 Å². The van der Waals surface area contributed by atoms with Gasteiger partial charge in [-0.15, -0.1) is 0 Å². The molecule has 1 saturated heterocycles. The summed E-state index contributed by atoms with van der Waals surface area (Å²) < 4.78 is 0. The summed E-state index contributed by atoms with van der Waals surface area (Å²) in [6, 6.07) is 10.4. The van der Waals surface area contributed by atoms with Gasteiger partial charge in [-0.25, -0.2) is 4.79 Å². The molecule has 1 aromatic carbocycles. The molecule has 0 radical (unpaired) electrons. The van der Waals surface area contributed by atoms with Crippen LogP contribution in [0, 0.1) is 0 Å². The van der Waals surface area contributed by atoms with Crippen molar-refractivity contribution in [3.8, 4) is 0 Å². The van der Waals surface area contributed by atoms with E-state index in [1.54, 1.807) is 0 Å². The Morgan fingerprint density at radius 1 is 1.47 bits per heavy atom. The van der Waals surface area contributed by atoms with Crippen molar-refractivity contribution < 1.29 is 4.79 Å². The monoisotopic (exact) mass is 233 g/mol. The third-order valence-electron chi connectivity index (χ3n) is 2.94. The van der Waals surface area contributed by atoms with Gasteiger partial charge < -0.3 is 15.5 Å². The number of benzene rings is 1. The zero-order valence-corrected chi connectivity index (χ0v) is 10.1. The zero-order chi connectivity index (χ0) is 12.1. The summed E-state index contributed by atoms with van der Waals surface area (Å²) >= 11 is 0. The first kappa shape index (κ1) is 11.9. The number of hydrogen-bond donors (Lipinski definition) is 2. The molecule has 1 heterocycles. The van der Waals surface area contributed by atoms with E-state index in [0.717, 1.165) is 25.2 Å². The molecule has 0 unspecified atom stereocenters. The lowest BCUT2D eigenvalue weighted by atomic mass is 10.2. The molecule has 0 spiro atoms. The smallest absolute Gasteiger partial charge is 0.317 e. The summed E-state index contributed by atoms with van der Waals surface area (Å²) in [5.41, 5.74) is 1.13. The lowest BCUT2D eigenvalue weighted by Crippen LogP contribution is -2.53. The molecule has 92 valence electrons. The number of amides is 2. The summed E-state index contributed by atoms with van der Waals surface area (Å²) in [6.45, 7) is 5.13. The number of urea groups is 1. The molecule has 1 atom stereocenters. The molecular formula is C13H19N3O. The molecule has 0 saturated carbocycles. The molecular weight excluding hydrogens is 214 g/mol. The minimum atomic E-state index is 0.0298. The van der Waals surface area contributed by atoms with Crippen LogP contribution in [0.3, 0.4) is 0 Å². The number of piperazine rings is 1. The molecule has 1 aliphatic heterocycles. The Hall–Kier alpha value is -1.55. The van der Waals surface area contributed by atoms with Gasteiger partial charge in [0.1, 0.15) is 0 Å². The Labute approximate surface area is 102 Å². The van der Waals surface area contributed by atoms with Crippen LogP contribution in [0.2, 0.25) is 0 Å². The van der Waals surface area contributed by atoms with Crippen molar-refractivity contribution >= 4 is 6.03 Å². The summed E-state index contributed by atoms with van der Waals surface area (Å²) in [4.78, 5) is 13.8. The van der Waals surface area contributed by atoms with E-state index in [9.17, 15) is 4.79 Å². The van der Waals surface area contributed by atoms with Crippen LogP contribution in [-0.4, -0.2) is 36.6 Å². The second kappa shape index (κ2) is 5.68. The van der Waals surface area contributed by atoms with Crippen molar-refractivity contribution in [3.05, 3.63) is 35.9 Å². The fourth-order valence-corrected chi connectivity index (χ4v) is 2.00. The highest BCUT2D eigenvalue weighted by molar-refractivity contribution is 5.74. The average Bonchev–Trinajstić information content (AvgIpc) is 2.37. The van der Waals surface area contributed by atoms with Gasteiger partial charge in [-0.05, 0) is 12.5 Å². The Morgan fingerprint density at radius 2 is 2.24 bits per heavy atom. The van der Waals surface area contributed by atoms with Crippen molar-refractivity contribution in [1.82, 2.24) is 15.5 Å². The predicted molar refractivity (Wildman–Crippen MR) is 67.7 cm³/mol. The number of carbonyl (C=O) groups excluding carboxylic acids is 1. The molecule has 0 aromatic heterocycles. The third kappa shape index (κ3) is 3.46. The highest BCUT2D eigenvalue weighted by atomic mass is 16.2. The summed E-state index contributed by atoms with van der Waals surface area (Å²) in [6.07, 6.45) is 0. The topological polar surface area (TPSA) is 44.4 Å². The van der Waals surface area contributed by atoms with Gasteiger partial charge >= 0.3 is 6.03 Å². The largest absolute Gasteiger partial charge is 0.334 e. The third-order valence-corrected chi connectivity index (χ3v) is 2.94. The van der Waals surface area contributed by atoms with Crippen molar-refractivity contribution in [1.29, 1.82) is 0 Å². The maximum atomic E-state index is 11.9. The van der Waals surface area contributed by atoms with Gasteiger partial charge in [-0.1, -0.05) is 30.3 Å². The summed E-state index contributed by atoms with van der Waals surface area (Å²) in [5, 5.41) is 6.27. The fourth-order valence-electron chi connectivity index (χ4n) is 2.00. The van der Waals surface area contributed by atoms with Gasteiger partial charge in [-0.2, -0.15) is 0 Å². The normalized spacial score (nSPS) is 20.1. The van der Waals surface area contributed by atoms with E-state index >= 15 is 0 Å². The molecule has 17 heavy (non-hydrogen) atoms. The zero-order valence-electron chi connectivity index (χ0n) is 10.1. The Bertz CT molecular complexity index is 366. The van der Waals surface area contributed by atoms with E-state index in [-0.39, 0.29) is 6.03 Å². The molecule has 1 aromatic rings. The molecule has 2 amide bonds. The molecule has 4 heteroatoms. The molecule has 2 rings (SSSR count). The van der Waals surface area contributed by atoms with E-state index in [0.29, 0.717) is 12.6 Å². The van der Waals surface area contributed by atoms with Crippen LogP contribution in [-0.2, 0) is 6.54 Å². The number of rotatable bonds is 2. The van der Waals surface area contributed by atoms with Crippen molar-refractivity contribution in [2.45, 2.75) is 19.5 Å². The standard InChI is InChI=1S/C13H19N3O/c1-11-10-16(8-7-14-11)13(17)15-9-12-5-3-2-4-6-12/h2-6,11,14H,7-10H2,1H3,(H,15,17)/t11-/m0/s1. The minimum Gasteiger partial charge on any atom is -0.334 e. The van der Waals surface area contributed by atoms with Crippen LogP contribution >= 0.6 is 0 Å². The SMILES string of the molecule is C[C@H]1CN(C(=O)NCc2ccccc2)CCN1. The predicted octanol–water partition coefficient (Wildman–Crippen LogP) is 1.19. The number of carbonyl (C=O) groups is 1. The first-order valence-electron chi connectivity index (χ1n) is 6.06. The van der Waals surface area contributed by atoms with Crippen molar-refractivity contribution in [3.63, 3.8) is 0 Å². The van der Waals surface area contributed by atoms with Gasteiger partial charge in [-0.3, -0.25) is 0 Å². The van der Waals surface area contributed by atoms with E-state index in [2.05, 4.69) is 17.6 Å². The lowest BCUT2D eigenvalue weighted by molar-refractivity contribution is 0.179. The first-order valence-corrected chi connectivity index (χ1v) is 6.06.